The molecule has 3 aromatic rings. The zero-order valence-electron chi connectivity index (χ0n) is 11.7. The number of likely N-dealkylation sites (N-methyl/N-ethyl adjacent to an activating group) is 1. The molecule has 0 fully saturated rings. The maximum absolute atomic E-state index is 2.41. The summed E-state index contributed by atoms with van der Waals surface area (Å²) < 4.78 is 2.32. The third-order valence-corrected chi connectivity index (χ3v) is 4.31. The lowest BCUT2D eigenvalue weighted by Gasteiger charge is -2.32. The van der Waals surface area contributed by atoms with Crippen molar-refractivity contribution in [1.82, 2.24) is 9.30 Å². The Kier molecular flexibility index (Phi) is 2.64. The summed E-state index contributed by atoms with van der Waals surface area (Å²) in [5, 5.41) is 0. The van der Waals surface area contributed by atoms with Gasteiger partial charge in [0.1, 0.15) is 0 Å². The van der Waals surface area contributed by atoms with E-state index in [4.69, 9.17) is 0 Å². The average molecular weight is 262 g/mol. The van der Waals surface area contributed by atoms with Gasteiger partial charge < -0.3 is 9.30 Å². The molecule has 0 N–H and O–H groups in total. The smallest absolute Gasteiger partial charge is 0.0453 e. The largest absolute Gasteiger partial charge is 0.320 e. The van der Waals surface area contributed by atoms with Gasteiger partial charge in [0.15, 0.2) is 0 Å². The number of nitrogens with zero attached hydrogens (tertiary/aromatic N) is 2. The summed E-state index contributed by atoms with van der Waals surface area (Å²) in [5.41, 5.74) is 5.59. The van der Waals surface area contributed by atoms with Crippen LogP contribution in [0.3, 0.4) is 0 Å². The van der Waals surface area contributed by atoms with Crippen LogP contribution in [0, 0.1) is 0 Å². The highest BCUT2D eigenvalue weighted by atomic mass is 15.1. The van der Waals surface area contributed by atoms with Crippen molar-refractivity contribution >= 4 is 5.52 Å². The molecule has 3 heterocycles. The van der Waals surface area contributed by atoms with Gasteiger partial charge in [0.05, 0.1) is 0 Å². The number of hydrogen-bond donors (Lipinski definition) is 0. The summed E-state index contributed by atoms with van der Waals surface area (Å²) in [7, 11) is 2.21. The van der Waals surface area contributed by atoms with Crippen molar-refractivity contribution in [3.05, 3.63) is 77.6 Å². The Hall–Kier alpha value is -2.06. The van der Waals surface area contributed by atoms with Gasteiger partial charge in [-0.3, -0.25) is 0 Å². The molecule has 2 aromatic heterocycles. The number of aromatic nitrogens is 1. The maximum atomic E-state index is 2.41. The quantitative estimate of drug-likeness (QED) is 0.651. The molecule has 4 rings (SSSR count). The molecule has 20 heavy (non-hydrogen) atoms. The standard InChI is InChI=1S/C18H18N2/c1-19-12-14-6-2-3-9-16(14)17(13-19)18-10-4-7-15-8-5-11-20(15)18/h2-11,17H,12-13H2,1H3. The molecule has 0 aliphatic carbocycles. The van der Waals surface area contributed by atoms with E-state index in [1.54, 1.807) is 0 Å². The van der Waals surface area contributed by atoms with E-state index in [0.717, 1.165) is 13.1 Å². The summed E-state index contributed by atoms with van der Waals surface area (Å²) >= 11 is 0. The van der Waals surface area contributed by atoms with Crippen LogP contribution in [0.1, 0.15) is 22.7 Å². The van der Waals surface area contributed by atoms with Crippen LogP contribution in [0.4, 0.5) is 0 Å². The number of benzene rings is 1. The molecular weight excluding hydrogens is 244 g/mol. The fourth-order valence-electron chi connectivity index (χ4n) is 3.41. The first-order valence-electron chi connectivity index (χ1n) is 7.15. The van der Waals surface area contributed by atoms with E-state index in [0.29, 0.717) is 5.92 Å². The second-order valence-corrected chi connectivity index (χ2v) is 5.70. The fourth-order valence-corrected chi connectivity index (χ4v) is 3.41. The average Bonchev–Trinajstić information content (AvgIpc) is 2.94. The van der Waals surface area contributed by atoms with Crippen molar-refractivity contribution in [3.8, 4) is 0 Å². The highest BCUT2D eigenvalue weighted by Gasteiger charge is 2.25. The number of hydrogen-bond acceptors (Lipinski definition) is 1. The van der Waals surface area contributed by atoms with Crippen molar-refractivity contribution in [2.45, 2.75) is 12.5 Å². The SMILES string of the molecule is CN1Cc2ccccc2C(c2cccc3cccn23)C1. The molecule has 100 valence electrons. The Morgan fingerprint density at radius 1 is 0.950 bits per heavy atom. The van der Waals surface area contributed by atoms with E-state index < -0.39 is 0 Å². The molecule has 0 saturated heterocycles. The minimum atomic E-state index is 0.445. The Morgan fingerprint density at radius 3 is 2.75 bits per heavy atom. The van der Waals surface area contributed by atoms with E-state index in [2.05, 4.69) is 77.1 Å². The predicted molar refractivity (Wildman–Crippen MR) is 82.0 cm³/mol. The lowest BCUT2D eigenvalue weighted by molar-refractivity contribution is 0.293. The molecule has 2 heteroatoms. The van der Waals surface area contributed by atoms with Crippen LogP contribution in [0.2, 0.25) is 0 Å². The Morgan fingerprint density at radius 2 is 1.80 bits per heavy atom. The third kappa shape index (κ3) is 1.76. The summed E-state index contributed by atoms with van der Waals surface area (Å²) in [6.45, 7) is 2.13. The van der Waals surface area contributed by atoms with Gasteiger partial charge in [-0.15, -0.1) is 0 Å². The van der Waals surface area contributed by atoms with Gasteiger partial charge in [0.2, 0.25) is 0 Å². The molecule has 1 aromatic carbocycles. The first kappa shape index (κ1) is 11.7. The summed E-state index contributed by atoms with van der Waals surface area (Å²) in [5.74, 6) is 0.445. The summed E-state index contributed by atoms with van der Waals surface area (Å²) in [6.07, 6.45) is 2.17. The maximum Gasteiger partial charge on any atom is 0.0453 e. The minimum absolute atomic E-state index is 0.445. The second-order valence-electron chi connectivity index (χ2n) is 5.70. The van der Waals surface area contributed by atoms with E-state index >= 15 is 0 Å². The zero-order chi connectivity index (χ0) is 13.5. The molecule has 0 amide bonds. The number of fused-ring (bicyclic) bond motifs is 2. The van der Waals surface area contributed by atoms with Crippen LogP contribution >= 0.6 is 0 Å². The molecule has 0 radical (unpaired) electrons. The van der Waals surface area contributed by atoms with E-state index in [1.165, 1.54) is 22.3 Å². The van der Waals surface area contributed by atoms with Gasteiger partial charge in [-0.05, 0) is 42.4 Å². The monoisotopic (exact) mass is 262 g/mol. The van der Waals surface area contributed by atoms with Gasteiger partial charge >= 0.3 is 0 Å². The van der Waals surface area contributed by atoms with Crippen molar-refractivity contribution < 1.29 is 0 Å². The Bertz CT molecular complexity index is 757. The lowest BCUT2D eigenvalue weighted by atomic mass is 9.87. The molecule has 1 aliphatic heterocycles. The van der Waals surface area contributed by atoms with Gasteiger partial charge in [-0.25, -0.2) is 0 Å². The molecule has 1 unspecified atom stereocenters. The van der Waals surface area contributed by atoms with Crippen LogP contribution in [-0.2, 0) is 6.54 Å². The lowest BCUT2D eigenvalue weighted by Crippen LogP contribution is -2.31. The fraction of sp³-hybridized carbons (Fsp3) is 0.222. The van der Waals surface area contributed by atoms with Gasteiger partial charge in [0.25, 0.3) is 0 Å². The van der Waals surface area contributed by atoms with E-state index in [9.17, 15) is 0 Å². The summed E-state index contributed by atoms with van der Waals surface area (Å²) in [6, 6.07) is 19.7. The Balaban J connectivity index is 1.92. The van der Waals surface area contributed by atoms with Crippen LogP contribution in [0.15, 0.2) is 60.8 Å². The molecule has 0 bridgehead atoms. The van der Waals surface area contributed by atoms with Crippen molar-refractivity contribution in [2.75, 3.05) is 13.6 Å². The molecule has 2 nitrogen and oxygen atoms in total. The topological polar surface area (TPSA) is 7.65 Å². The normalized spacial score (nSPS) is 19.1. The van der Waals surface area contributed by atoms with Gasteiger partial charge in [-0.2, -0.15) is 0 Å². The molecule has 1 aliphatic rings. The van der Waals surface area contributed by atoms with Crippen LogP contribution < -0.4 is 0 Å². The van der Waals surface area contributed by atoms with Crippen LogP contribution in [0.25, 0.3) is 5.52 Å². The minimum Gasteiger partial charge on any atom is -0.320 e. The Labute approximate surface area is 119 Å². The predicted octanol–water partition coefficient (Wildman–Crippen LogP) is 3.52. The van der Waals surface area contributed by atoms with E-state index in [-0.39, 0.29) is 0 Å². The molecular formula is C18H18N2. The van der Waals surface area contributed by atoms with Gasteiger partial charge in [0, 0.05) is 36.4 Å². The number of rotatable bonds is 1. The van der Waals surface area contributed by atoms with Crippen LogP contribution in [0.5, 0.6) is 0 Å². The molecule has 1 atom stereocenters. The van der Waals surface area contributed by atoms with Gasteiger partial charge in [-0.1, -0.05) is 30.3 Å². The first-order valence-corrected chi connectivity index (χ1v) is 7.15. The second kappa shape index (κ2) is 4.50. The first-order chi connectivity index (χ1) is 9.83. The highest BCUT2D eigenvalue weighted by Crippen LogP contribution is 2.33. The number of pyridine rings is 1. The van der Waals surface area contributed by atoms with Crippen molar-refractivity contribution in [1.29, 1.82) is 0 Å². The van der Waals surface area contributed by atoms with Crippen molar-refractivity contribution in [3.63, 3.8) is 0 Å². The highest BCUT2D eigenvalue weighted by molar-refractivity contribution is 5.51. The third-order valence-electron chi connectivity index (χ3n) is 4.31. The van der Waals surface area contributed by atoms with Crippen LogP contribution in [-0.4, -0.2) is 22.9 Å². The molecule has 0 saturated carbocycles. The zero-order valence-corrected chi connectivity index (χ0v) is 11.7. The van der Waals surface area contributed by atoms with Crippen molar-refractivity contribution in [2.24, 2.45) is 0 Å². The van der Waals surface area contributed by atoms with E-state index in [1.807, 2.05) is 0 Å². The molecule has 0 spiro atoms. The summed E-state index contributed by atoms with van der Waals surface area (Å²) in [4.78, 5) is 2.41.